The monoisotopic (exact) mass is 177 g/mol. The molecule has 2 nitrogen and oxygen atoms in total. The van der Waals surface area contributed by atoms with Crippen LogP contribution < -0.4 is 4.74 Å². The van der Waals surface area contributed by atoms with Gasteiger partial charge in [-0.2, -0.15) is 0 Å². The van der Waals surface area contributed by atoms with Crippen LogP contribution in [0.4, 0.5) is 4.39 Å². The smallest absolute Gasteiger partial charge is 0.132 e. The Bertz CT molecular complexity index is 442. The minimum absolute atomic E-state index is 0.274. The van der Waals surface area contributed by atoms with E-state index in [0.29, 0.717) is 11.1 Å². The van der Waals surface area contributed by atoms with Crippen LogP contribution in [0.3, 0.4) is 0 Å². The Labute approximate surface area is 75.0 Å². The topological polar surface area (TPSA) is 22.1 Å². The van der Waals surface area contributed by atoms with Gasteiger partial charge in [0.1, 0.15) is 11.6 Å². The standard InChI is InChI=1S/C10H8FNO/c1-13-10-3-2-9(11)8-6-12-5-4-7(8)10/h2-6H,1H3. The Balaban J connectivity index is 2.84. The van der Waals surface area contributed by atoms with E-state index in [9.17, 15) is 4.39 Å². The number of rotatable bonds is 1. The lowest BCUT2D eigenvalue weighted by molar-refractivity contribution is 0.419. The molecule has 1 heterocycles. The lowest BCUT2D eigenvalue weighted by Crippen LogP contribution is -1.87. The Morgan fingerprint density at radius 3 is 2.85 bits per heavy atom. The number of halogens is 1. The zero-order chi connectivity index (χ0) is 9.26. The van der Waals surface area contributed by atoms with Crippen molar-refractivity contribution in [2.24, 2.45) is 0 Å². The van der Waals surface area contributed by atoms with Crippen LogP contribution in [0, 0.1) is 5.82 Å². The highest BCUT2D eigenvalue weighted by Crippen LogP contribution is 2.26. The van der Waals surface area contributed by atoms with Crippen LogP contribution in [0.15, 0.2) is 30.6 Å². The molecule has 0 unspecified atom stereocenters. The van der Waals surface area contributed by atoms with Gasteiger partial charge in [-0.3, -0.25) is 4.98 Å². The molecule has 66 valence electrons. The van der Waals surface area contributed by atoms with Gasteiger partial charge in [-0.25, -0.2) is 4.39 Å². The molecular formula is C10H8FNO. The first-order valence-electron chi connectivity index (χ1n) is 3.89. The normalized spacial score (nSPS) is 10.3. The summed E-state index contributed by atoms with van der Waals surface area (Å²) in [6, 6.07) is 4.72. The minimum Gasteiger partial charge on any atom is -0.496 e. The fourth-order valence-corrected chi connectivity index (χ4v) is 1.31. The first kappa shape index (κ1) is 7.98. The predicted octanol–water partition coefficient (Wildman–Crippen LogP) is 2.38. The van der Waals surface area contributed by atoms with Crippen molar-refractivity contribution in [1.29, 1.82) is 0 Å². The fourth-order valence-electron chi connectivity index (χ4n) is 1.31. The molecule has 0 spiro atoms. The summed E-state index contributed by atoms with van der Waals surface area (Å²) in [7, 11) is 1.56. The van der Waals surface area contributed by atoms with E-state index >= 15 is 0 Å². The number of fused-ring (bicyclic) bond motifs is 1. The number of pyridine rings is 1. The van der Waals surface area contributed by atoms with E-state index in [1.165, 1.54) is 12.3 Å². The molecular weight excluding hydrogens is 169 g/mol. The van der Waals surface area contributed by atoms with Crippen molar-refractivity contribution in [3.05, 3.63) is 36.4 Å². The number of ether oxygens (including phenoxy) is 1. The zero-order valence-electron chi connectivity index (χ0n) is 7.12. The minimum atomic E-state index is -0.274. The van der Waals surface area contributed by atoms with Gasteiger partial charge in [0.15, 0.2) is 0 Å². The second-order valence-corrected chi connectivity index (χ2v) is 2.67. The van der Waals surface area contributed by atoms with E-state index in [-0.39, 0.29) is 5.82 Å². The molecule has 0 aliphatic heterocycles. The van der Waals surface area contributed by atoms with E-state index in [0.717, 1.165) is 5.39 Å². The van der Waals surface area contributed by atoms with Gasteiger partial charge in [-0.15, -0.1) is 0 Å². The molecule has 3 heteroatoms. The predicted molar refractivity (Wildman–Crippen MR) is 48.3 cm³/mol. The molecule has 0 aliphatic rings. The number of aromatic nitrogens is 1. The third-order valence-corrected chi connectivity index (χ3v) is 1.94. The summed E-state index contributed by atoms with van der Waals surface area (Å²) in [6.45, 7) is 0. The molecule has 0 atom stereocenters. The Morgan fingerprint density at radius 2 is 2.08 bits per heavy atom. The lowest BCUT2D eigenvalue weighted by atomic mass is 10.1. The highest BCUT2D eigenvalue weighted by atomic mass is 19.1. The number of nitrogens with zero attached hydrogens (tertiary/aromatic N) is 1. The molecule has 0 radical (unpaired) electrons. The summed E-state index contributed by atoms with van der Waals surface area (Å²) in [6.07, 6.45) is 3.11. The summed E-state index contributed by atoms with van der Waals surface area (Å²) in [4.78, 5) is 3.85. The SMILES string of the molecule is COc1ccc(F)c2cnccc12. The molecule has 0 amide bonds. The average Bonchev–Trinajstić information content (AvgIpc) is 2.19. The summed E-state index contributed by atoms with van der Waals surface area (Å²) in [5.41, 5.74) is 0. The molecule has 1 aromatic heterocycles. The van der Waals surface area contributed by atoms with Gasteiger partial charge in [0, 0.05) is 23.2 Å². The van der Waals surface area contributed by atoms with Gasteiger partial charge in [0.2, 0.25) is 0 Å². The van der Waals surface area contributed by atoms with Crippen molar-refractivity contribution in [2.45, 2.75) is 0 Å². The molecule has 2 rings (SSSR count). The first-order chi connectivity index (χ1) is 6.33. The van der Waals surface area contributed by atoms with Gasteiger partial charge < -0.3 is 4.74 Å². The fraction of sp³-hybridized carbons (Fsp3) is 0.100. The van der Waals surface area contributed by atoms with E-state index in [4.69, 9.17) is 4.74 Å². The van der Waals surface area contributed by atoms with Crippen LogP contribution in [0.25, 0.3) is 10.8 Å². The average molecular weight is 177 g/mol. The van der Waals surface area contributed by atoms with E-state index in [2.05, 4.69) is 4.98 Å². The number of methoxy groups -OCH3 is 1. The molecule has 0 N–H and O–H groups in total. The Morgan fingerprint density at radius 1 is 1.23 bits per heavy atom. The van der Waals surface area contributed by atoms with Gasteiger partial charge in [-0.05, 0) is 18.2 Å². The van der Waals surface area contributed by atoms with E-state index < -0.39 is 0 Å². The van der Waals surface area contributed by atoms with Gasteiger partial charge in [-0.1, -0.05) is 0 Å². The van der Waals surface area contributed by atoms with Crippen LogP contribution in [0.5, 0.6) is 5.75 Å². The van der Waals surface area contributed by atoms with Crippen molar-refractivity contribution in [3.63, 3.8) is 0 Å². The molecule has 0 fully saturated rings. The Hall–Kier alpha value is -1.64. The molecule has 0 aliphatic carbocycles. The summed E-state index contributed by atoms with van der Waals surface area (Å²) >= 11 is 0. The Kier molecular flexibility index (Phi) is 1.85. The zero-order valence-corrected chi connectivity index (χ0v) is 7.12. The highest BCUT2D eigenvalue weighted by molar-refractivity contribution is 5.87. The third-order valence-electron chi connectivity index (χ3n) is 1.94. The summed E-state index contributed by atoms with van der Waals surface area (Å²) < 4.78 is 18.3. The molecule has 13 heavy (non-hydrogen) atoms. The molecule has 0 bridgehead atoms. The number of hydrogen-bond acceptors (Lipinski definition) is 2. The van der Waals surface area contributed by atoms with Crippen LogP contribution in [0.2, 0.25) is 0 Å². The second kappa shape index (κ2) is 3.01. The largest absolute Gasteiger partial charge is 0.496 e. The maximum atomic E-state index is 13.2. The molecule has 2 aromatic rings. The third kappa shape index (κ3) is 1.22. The van der Waals surface area contributed by atoms with Crippen molar-refractivity contribution in [3.8, 4) is 5.75 Å². The van der Waals surface area contributed by atoms with Gasteiger partial charge in [0.25, 0.3) is 0 Å². The molecule has 0 saturated carbocycles. The lowest BCUT2D eigenvalue weighted by Gasteiger charge is -2.04. The summed E-state index contributed by atoms with van der Waals surface area (Å²) in [5.74, 6) is 0.391. The van der Waals surface area contributed by atoms with Crippen LogP contribution >= 0.6 is 0 Å². The van der Waals surface area contributed by atoms with Crippen LogP contribution in [-0.4, -0.2) is 12.1 Å². The molecule has 1 aromatic carbocycles. The quantitative estimate of drug-likeness (QED) is 0.667. The van der Waals surface area contributed by atoms with Gasteiger partial charge >= 0.3 is 0 Å². The highest BCUT2D eigenvalue weighted by Gasteiger charge is 2.04. The molecule has 0 saturated heterocycles. The van der Waals surface area contributed by atoms with Crippen molar-refractivity contribution >= 4 is 10.8 Å². The summed E-state index contributed by atoms with van der Waals surface area (Å²) in [5, 5.41) is 1.24. The van der Waals surface area contributed by atoms with Crippen molar-refractivity contribution in [2.75, 3.05) is 7.11 Å². The maximum absolute atomic E-state index is 13.2. The van der Waals surface area contributed by atoms with E-state index in [1.807, 2.05) is 0 Å². The number of hydrogen-bond donors (Lipinski definition) is 0. The van der Waals surface area contributed by atoms with Crippen LogP contribution in [-0.2, 0) is 0 Å². The van der Waals surface area contributed by atoms with Gasteiger partial charge in [0.05, 0.1) is 7.11 Å². The second-order valence-electron chi connectivity index (χ2n) is 2.67. The first-order valence-corrected chi connectivity index (χ1v) is 3.89. The van der Waals surface area contributed by atoms with Crippen molar-refractivity contribution in [1.82, 2.24) is 4.98 Å². The van der Waals surface area contributed by atoms with Crippen LogP contribution in [0.1, 0.15) is 0 Å². The van der Waals surface area contributed by atoms with Crippen molar-refractivity contribution < 1.29 is 9.13 Å². The maximum Gasteiger partial charge on any atom is 0.132 e. The number of benzene rings is 1. The van der Waals surface area contributed by atoms with E-state index in [1.54, 1.807) is 25.4 Å².